The molecular formula is C13H20N2O2S. The highest BCUT2D eigenvalue weighted by Crippen LogP contribution is 2.36. The van der Waals surface area contributed by atoms with Crippen LogP contribution < -0.4 is 5.32 Å². The Morgan fingerprint density at radius 2 is 2.39 bits per heavy atom. The summed E-state index contributed by atoms with van der Waals surface area (Å²) >= 11 is 1.64. The fourth-order valence-electron chi connectivity index (χ4n) is 2.13. The third kappa shape index (κ3) is 2.90. The first-order valence-corrected chi connectivity index (χ1v) is 7.24. The minimum atomic E-state index is -1.21. The Bertz CT molecular complexity index is 424. The van der Waals surface area contributed by atoms with E-state index in [9.17, 15) is 9.90 Å². The molecule has 1 saturated carbocycles. The van der Waals surface area contributed by atoms with Crippen LogP contribution in [0.5, 0.6) is 0 Å². The fraction of sp³-hybridized carbons (Fsp3) is 0.692. The van der Waals surface area contributed by atoms with E-state index in [0.29, 0.717) is 6.54 Å². The molecule has 1 aromatic rings. The number of hydrogen-bond donors (Lipinski definition) is 2. The zero-order valence-corrected chi connectivity index (χ0v) is 11.7. The van der Waals surface area contributed by atoms with Crippen molar-refractivity contribution in [3.05, 3.63) is 16.1 Å². The number of aryl methyl sites for hydroxylation is 1. The molecule has 0 unspecified atom stereocenters. The maximum atomic E-state index is 11.9. The third-order valence-electron chi connectivity index (χ3n) is 3.65. The summed E-state index contributed by atoms with van der Waals surface area (Å²) in [5.74, 6) is -0.125. The smallest absolute Gasteiger partial charge is 0.251 e. The molecule has 1 fully saturated rings. The van der Waals surface area contributed by atoms with E-state index in [4.69, 9.17) is 0 Å². The van der Waals surface area contributed by atoms with Crippen molar-refractivity contribution < 1.29 is 9.90 Å². The van der Waals surface area contributed by atoms with E-state index in [0.717, 1.165) is 30.7 Å². The van der Waals surface area contributed by atoms with Crippen LogP contribution in [0, 0.1) is 12.8 Å². The van der Waals surface area contributed by atoms with Crippen LogP contribution in [-0.4, -0.2) is 28.1 Å². The van der Waals surface area contributed by atoms with Crippen LogP contribution in [0.2, 0.25) is 0 Å². The van der Waals surface area contributed by atoms with Gasteiger partial charge in [-0.3, -0.25) is 4.79 Å². The molecule has 100 valence electrons. The van der Waals surface area contributed by atoms with E-state index in [-0.39, 0.29) is 11.8 Å². The van der Waals surface area contributed by atoms with Crippen molar-refractivity contribution in [2.45, 2.75) is 45.1 Å². The van der Waals surface area contributed by atoms with Gasteiger partial charge in [-0.1, -0.05) is 6.42 Å². The van der Waals surface area contributed by atoms with Crippen LogP contribution >= 0.6 is 11.3 Å². The molecule has 1 aromatic heterocycles. The van der Waals surface area contributed by atoms with Gasteiger partial charge in [0.2, 0.25) is 0 Å². The topological polar surface area (TPSA) is 62.2 Å². The maximum Gasteiger partial charge on any atom is 0.251 e. The molecule has 1 amide bonds. The van der Waals surface area contributed by atoms with E-state index in [2.05, 4.69) is 10.3 Å². The predicted octanol–water partition coefficient (Wildman–Crippen LogP) is 1.66. The molecule has 1 heterocycles. The molecule has 0 radical (unpaired) electrons. The van der Waals surface area contributed by atoms with Gasteiger partial charge in [0.15, 0.2) is 0 Å². The number of nitrogens with zero attached hydrogens (tertiary/aromatic N) is 1. The average molecular weight is 268 g/mol. The van der Waals surface area contributed by atoms with Gasteiger partial charge < -0.3 is 10.4 Å². The molecule has 0 aromatic carbocycles. The Morgan fingerprint density at radius 1 is 1.67 bits per heavy atom. The summed E-state index contributed by atoms with van der Waals surface area (Å²) in [7, 11) is 0. The van der Waals surface area contributed by atoms with Gasteiger partial charge in [-0.05, 0) is 32.6 Å². The standard InChI is InChI=1S/C13H20N2O2S/c1-9-8-15-11(18-9)6-7-14-12(16)13(2,17)10-4-3-5-10/h8,10,17H,3-7H2,1-2H3,(H,14,16)/t13-/m0/s1. The van der Waals surface area contributed by atoms with Gasteiger partial charge in [0.1, 0.15) is 5.60 Å². The van der Waals surface area contributed by atoms with E-state index in [1.54, 1.807) is 18.3 Å². The van der Waals surface area contributed by atoms with Gasteiger partial charge >= 0.3 is 0 Å². The highest BCUT2D eigenvalue weighted by Gasteiger charge is 2.41. The summed E-state index contributed by atoms with van der Waals surface area (Å²) in [6.45, 7) is 4.18. The zero-order chi connectivity index (χ0) is 13.2. The fourth-order valence-corrected chi connectivity index (χ4v) is 2.92. The number of hydrogen-bond acceptors (Lipinski definition) is 4. The summed E-state index contributed by atoms with van der Waals surface area (Å²) in [5, 5.41) is 14.0. The first kappa shape index (κ1) is 13.5. The lowest BCUT2D eigenvalue weighted by molar-refractivity contribution is -0.147. The molecule has 0 bridgehead atoms. The summed E-state index contributed by atoms with van der Waals surface area (Å²) < 4.78 is 0. The van der Waals surface area contributed by atoms with E-state index in [1.807, 2.05) is 13.1 Å². The molecule has 5 heteroatoms. The van der Waals surface area contributed by atoms with Crippen LogP contribution in [0.3, 0.4) is 0 Å². The van der Waals surface area contributed by atoms with Crippen molar-refractivity contribution in [1.29, 1.82) is 0 Å². The summed E-state index contributed by atoms with van der Waals surface area (Å²) in [6.07, 6.45) is 5.59. The SMILES string of the molecule is Cc1cnc(CCNC(=O)[C@@](C)(O)C2CCC2)s1. The molecule has 2 rings (SSSR count). The summed E-state index contributed by atoms with van der Waals surface area (Å²) in [6, 6.07) is 0. The van der Waals surface area contributed by atoms with E-state index >= 15 is 0 Å². The largest absolute Gasteiger partial charge is 0.380 e. The lowest BCUT2D eigenvalue weighted by Crippen LogP contribution is -2.52. The predicted molar refractivity (Wildman–Crippen MR) is 71.5 cm³/mol. The van der Waals surface area contributed by atoms with Crippen molar-refractivity contribution in [3.63, 3.8) is 0 Å². The van der Waals surface area contributed by atoms with E-state index in [1.165, 1.54) is 4.88 Å². The number of carbonyl (C=O) groups is 1. The average Bonchev–Trinajstić information content (AvgIpc) is 2.60. The molecule has 1 aliphatic rings. The second-order valence-corrected chi connectivity index (χ2v) is 6.47. The van der Waals surface area contributed by atoms with Gasteiger partial charge in [-0.2, -0.15) is 0 Å². The van der Waals surface area contributed by atoms with Gasteiger partial charge in [-0.15, -0.1) is 11.3 Å². The molecule has 0 spiro atoms. The Hall–Kier alpha value is -0.940. The van der Waals surface area contributed by atoms with Crippen molar-refractivity contribution in [2.24, 2.45) is 5.92 Å². The zero-order valence-electron chi connectivity index (χ0n) is 10.9. The van der Waals surface area contributed by atoms with E-state index < -0.39 is 5.60 Å². The van der Waals surface area contributed by atoms with Gasteiger partial charge in [0.05, 0.1) is 5.01 Å². The second-order valence-electron chi connectivity index (χ2n) is 5.15. The minimum Gasteiger partial charge on any atom is -0.380 e. The second kappa shape index (κ2) is 5.36. The van der Waals surface area contributed by atoms with Gasteiger partial charge in [0.25, 0.3) is 5.91 Å². The number of amides is 1. The van der Waals surface area contributed by atoms with Crippen LogP contribution in [0.1, 0.15) is 36.1 Å². The molecule has 1 aliphatic carbocycles. The normalized spacial score (nSPS) is 19.1. The molecule has 0 aliphatic heterocycles. The van der Waals surface area contributed by atoms with Crippen LogP contribution in [0.25, 0.3) is 0 Å². The quantitative estimate of drug-likeness (QED) is 0.853. The molecular weight excluding hydrogens is 248 g/mol. The Morgan fingerprint density at radius 3 is 2.89 bits per heavy atom. The Labute approximate surface area is 111 Å². The summed E-state index contributed by atoms with van der Waals surface area (Å²) in [4.78, 5) is 17.3. The number of aromatic nitrogens is 1. The summed E-state index contributed by atoms with van der Waals surface area (Å²) in [5.41, 5.74) is -1.21. The Balaban J connectivity index is 1.77. The van der Waals surface area contributed by atoms with Crippen LogP contribution in [0.4, 0.5) is 0 Å². The van der Waals surface area contributed by atoms with Crippen LogP contribution in [0.15, 0.2) is 6.20 Å². The molecule has 4 nitrogen and oxygen atoms in total. The lowest BCUT2D eigenvalue weighted by Gasteiger charge is -2.37. The van der Waals surface area contributed by atoms with Gasteiger partial charge in [0, 0.05) is 24.0 Å². The number of carbonyl (C=O) groups excluding carboxylic acids is 1. The maximum absolute atomic E-state index is 11.9. The Kier molecular flexibility index (Phi) is 4.02. The highest BCUT2D eigenvalue weighted by molar-refractivity contribution is 7.11. The number of rotatable bonds is 5. The molecule has 0 saturated heterocycles. The first-order chi connectivity index (χ1) is 8.50. The van der Waals surface area contributed by atoms with Crippen molar-refractivity contribution >= 4 is 17.2 Å². The van der Waals surface area contributed by atoms with Crippen LogP contribution in [-0.2, 0) is 11.2 Å². The minimum absolute atomic E-state index is 0.125. The highest BCUT2D eigenvalue weighted by atomic mass is 32.1. The first-order valence-electron chi connectivity index (χ1n) is 6.42. The van der Waals surface area contributed by atoms with Gasteiger partial charge in [-0.25, -0.2) is 4.98 Å². The van der Waals surface area contributed by atoms with Crippen molar-refractivity contribution in [1.82, 2.24) is 10.3 Å². The lowest BCUT2D eigenvalue weighted by atomic mass is 9.73. The van der Waals surface area contributed by atoms with Crippen molar-refractivity contribution in [3.8, 4) is 0 Å². The monoisotopic (exact) mass is 268 g/mol. The third-order valence-corrected chi connectivity index (χ3v) is 4.63. The molecule has 2 N–H and O–H groups in total. The molecule has 1 atom stereocenters. The number of aliphatic hydroxyl groups is 1. The number of thiazole rings is 1. The van der Waals surface area contributed by atoms with Crippen molar-refractivity contribution in [2.75, 3.05) is 6.54 Å². The number of nitrogens with one attached hydrogen (secondary N) is 1. The molecule has 18 heavy (non-hydrogen) atoms.